The van der Waals surface area contributed by atoms with Gasteiger partial charge in [-0.1, -0.05) is 12.1 Å². The second kappa shape index (κ2) is 4.75. The largest absolute Gasteiger partial charge is 0.361 e. The number of piperidine rings is 1. The average molecular weight is 243 g/mol. The molecule has 2 aliphatic rings. The van der Waals surface area contributed by atoms with E-state index in [1.807, 2.05) is 0 Å². The van der Waals surface area contributed by atoms with Crippen LogP contribution in [0.3, 0.4) is 0 Å². The normalized spacial score (nSPS) is 25.2. The van der Waals surface area contributed by atoms with Gasteiger partial charge in [0.2, 0.25) is 0 Å². The Hall–Kier alpha value is -1.32. The molecule has 1 aliphatic carbocycles. The van der Waals surface area contributed by atoms with E-state index in [-0.39, 0.29) is 0 Å². The number of H-pyrrole nitrogens is 1. The molecule has 0 amide bonds. The molecule has 2 atom stereocenters. The van der Waals surface area contributed by atoms with Gasteiger partial charge in [0.25, 0.3) is 0 Å². The number of hydrogen-bond acceptors (Lipinski definition) is 2. The summed E-state index contributed by atoms with van der Waals surface area (Å²) >= 11 is 0. The van der Waals surface area contributed by atoms with Gasteiger partial charge in [0.05, 0.1) is 0 Å². The van der Waals surface area contributed by atoms with Gasteiger partial charge in [-0.3, -0.25) is 0 Å². The molecule has 0 radical (unpaired) electrons. The highest BCUT2D eigenvalue weighted by atomic mass is 14.9. The number of rotatable bonds is 0. The van der Waals surface area contributed by atoms with Crippen LogP contribution in [0.2, 0.25) is 0 Å². The zero-order chi connectivity index (χ0) is 12.5. The van der Waals surface area contributed by atoms with E-state index in [0.29, 0.717) is 6.04 Å². The highest BCUT2D eigenvalue weighted by Crippen LogP contribution is 2.40. The van der Waals surface area contributed by atoms with Crippen molar-refractivity contribution in [1.29, 1.82) is 0 Å². The molecular formula is C15H21N3. The molecule has 1 saturated heterocycles. The monoisotopic (exact) mass is 243 g/mol. The van der Waals surface area contributed by atoms with Crippen LogP contribution in [0, 0.1) is 0 Å². The van der Waals surface area contributed by atoms with E-state index in [0.717, 1.165) is 5.92 Å². The second-order valence-corrected chi connectivity index (χ2v) is 5.10. The summed E-state index contributed by atoms with van der Waals surface area (Å²) in [5.41, 5.74) is 8.88. The van der Waals surface area contributed by atoms with Gasteiger partial charge < -0.3 is 16.0 Å². The van der Waals surface area contributed by atoms with Crippen molar-refractivity contribution in [2.24, 2.45) is 5.73 Å². The van der Waals surface area contributed by atoms with Crippen molar-refractivity contribution in [2.75, 3.05) is 13.6 Å². The summed E-state index contributed by atoms with van der Waals surface area (Å²) in [7, 11) is 1.50. The van der Waals surface area contributed by atoms with E-state index in [2.05, 4.69) is 40.4 Å². The molecule has 1 aliphatic heterocycles. The lowest BCUT2D eigenvalue weighted by Gasteiger charge is -2.36. The quantitative estimate of drug-likeness (QED) is 0.664. The summed E-state index contributed by atoms with van der Waals surface area (Å²) < 4.78 is 0. The summed E-state index contributed by atoms with van der Waals surface area (Å²) in [5, 5.41) is 5.19. The first-order valence-corrected chi connectivity index (χ1v) is 6.83. The van der Waals surface area contributed by atoms with Crippen molar-refractivity contribution in [3.8, 4) is 0 Å². The summed E-state index contributed by atoms with van der Waals surface area (Å²) in [6, 6.07) is 7.37. The number of aromatic amines is 1. The smallest absolute Gasteiger partial charge is 0.0459 e. The van der Waals surface area contributed by atoms with Crippen molar-refractivity contribution >= 4 is 10.9 Å². The molecule has 0 saturated carbocycles. The Morgan fingerprint density at radius 2 is 2.17 bits per heavy atom. The summed E-state index contributed by atoms with van der Waals surface area (Å²) in [4.78, 5) is 3.40. The van der Waals surface area contributed by atoms with E-state index < -0.39 is 0 Å². The number of hydrogen-bond donors (Lipinski definition) is 3. The van der Waals surface area contributed by atoms with Crippen LogP contribution in [0.1, 0.15) is 29.9 Å². The minimum Gasteiger partial charge on any atom is -0.361 e. The SMILES string of the molecule is CN.c1cc2c3c(c[nH]c3c1)C[C@H]1NCCC[C@H]21. The number of nitrogens with two attached hydrogens (primary N) is 1. The lowest BCUT2D eigenvalue weighted by atomic mass is 9.76. The first-order valence-electron chi connectivity index (χ1n) is 6.83. The second-order valence-electron chi connectivity index (χ2n) is 5.10. The van der Waals surface area contributed by atoms with Crippen LogP contribution in [0.15, 0.2) is 24.4 Å². The fourth-order valence-electron chi connectivity index (χ4n) is 3.53. The van der Waals surface area contributed by atoms with Crippen molar-refractivity contribution in [2.45, 2.75) is 31.2 Å². The van der Waals surface area contributed by atoms with Gasteiger partial charge in [0, 0.05) is 29.1 Å². The maximum Gasteiger partial charge on any atom is 0.0459 e. The minimum absolute atomic E-state index is 0.669. The maximum absolute atomic E-state index is 4.50. The molecule has 4 N–H and O–H groups in total. The Morgan fingerprint density at radius 3 is 3.06 bits per heavy atom. The number of benzene rings is 1. The first-order chi connectivity index (χ1) is 8.93. The van der Waals surface area contributed by atoms with Crippen LogP contribution in [-0.4, -0.2) is 24.6 Å². The van der Waals surface area contributed by atoms with Crippen LogP contribution < -0.4 is 11.1 Å². The average Bonchev–Trinajstić information content (AvgIpc) is 2.86. The predicted molar refractivity (Wildman–Crippen MR) is 75.9 cm³/mol. The number of fused-ring (bicyclic) bond motifs is 2. The summed E-state index contributed by atoms with van der Waals surface area (Å²) in [6.45, 7) is 1.19. The van der Waals surface area contributed by atoms with Gasteiger partial charge in [-0.15, -0.1) is 0 Å². The highest BCUT2D eigenvalue weighted by Gasteiger charge is 2.32. The molecule has 96 valence electrons. The zero-order valence-electron chi connectivity index (χ0n) is 10.9. The van der Waals surface area contributed by atoms with Crippen molar-refractivity contribution in [1.82, 2.24) is 10.3 Å². The fourth-order valence-corrected chi connectivity index (χ4v) is 3.53. The lowest BCUT2D eigenvalue weighted by Crippen LogP contribution is -2.43. The van der Waals surface area contributed by atoms with Crippen LogP contribution in [0.25, 0.3) is 10.9 Å². The molecule has 1 aromatic heterocycles. The lowest BCUT2D eigenvalue weighted by molar-refractivity contribution is 0.345. The summed E-state index contributed by atoms with van der Waals surface area (Å²) in [6.07, 6.45) is 6.06. The van der Waals surface area contributed by atoms with Gasteiger partial charge in [0.1, 0.15) is 0 Å². The Bertz CT molecular complexity index is 544. The predicted octanol–water partition coefficient (Wildman–Crippen LogP) is 2.13. The first kappa shape index (κ1) is 11.8. The Morgan fingerprint density at radius 1 is 1.28 bits per heavy atom. The van der Waals surface area contributed by atoms with Crippen LogP contribution >= 0.6 is 0 Å². The van der Waals surface area contributed by atoms with E-state index in [1.54, 1.807) is 5.56 Å². The molecule has 0 bridgehead atoms. The zero-order valence-corrected chi connectivity index (χ0v) is 10.9. The van der Waals surface area contributed by atoms with E-state index in [4.69, 9.17) is 0 Å². The van der Waals surface area contributed by atoms with E-state index in [1.165, 1.54) is 49.3 Å². The molecule has 18 heavy (non-hydrogen) atoms. The van der Waals surface area contributed by atoms with E-state index in [9.17, 15) is 0 Å². The molecule has 2 aromatic rings. The van der Waals surface area contributed by atoms with Crippen molar-refractivity contribution < 1.29 is 0 Å². The standard InChI is InChI=1S/C14H16N2.CH5N/c1-3-11-10-4-2-6-15-13(10)7-9-8-16-12(5-1)14(9)11;1-2/h1,3,5,8,10,13,15-16H,2,4,6-7H2;2H2,1H3/t10-,13-;/m1./s1. The van der Waals surface area contributed by atoms with E-state index >= 15 is 0 Å². The maximum atomic E-state index is 4.50. The van der Waals surface area contributed by atoms with Gasteiger partial charge in [0.15, 0.2) is 0 Å². The van der Waals surface area contributed by atoms with Gasteiger partial charge >= 0.3 is 0 Å². The van der Waals surface area contributed by atoms with Crippen LogP contribution in [0.4, 0.5) is 0 Å². The van der Waals surface area contributed by atoms with Crippen molar-refractivity contribution in [3.05, 3.63) is 35.5 Å². The molecule has 0 unspecified atom stereocenters. The molecule has 4 rings (SSSR count). The molecule has 0 spiro atoms. The molecule has 3 nitrogen and oxygen atoms in total. The molecule has 2 heterocycles. The third kappa shape index (κ3) is 1.66. The Kier molecular flexibility index (Phi) is 3.10. The number of nitrogens with one attached hydrogen (secondary N) is 2. The van der Waals surface area contributed by atoms with Gasteiger partial charge in [-0.25, -0.2) is 0 Å². The summed E-state index contributed by atoms with van der Waals surface area (Å²) in [5.74, 6) is 0.737. The van der Waals surface area contributed by atoms with Crippen LogP contribution in [-0.2, 0) is 6.42 Å². The molecule has 3 heteroatoms. The van der Waals surface area contributed by atoms with Gasteiger partial charge in [-0.05, 0) is 50.0 Å². The van der Waals surface area contributed by atoms with Crippen LogP contribution in [0.5, 0.6) is 0 Å². The number of aromatic nitrogens is 1. The third-order valence-electron chi connectivity index (χ3n) is 4.24. The van der Waals surface area contributed by atoms with Gasteiger partial charge in [-0.2, -0.15) is 0 Å². The molecule has 1 fully saturated rings. The molecular weight excluding hydrogens is 222 g/mol. The topological polar surface area (TPSA) is 53.8 Å². The van der Waals surface area contributed by atoms with Crippen molar-refractivity contribution in [3.63, 3.8) is 0 Å². The fraction of sp³-hybridized carbons (Fsp3) is 0.467. The minimum atomic E-state index is 0.669. The molecule has 1 aromatic carbocycles. The Balaban J connectivity index is 0.000000478. The Labute approximate surface area is 108 Å². The highest BCUT2D eigenvalue weighted by molar-refractivity contribution is 5.88. The third-order valence-corrected chi connectivity index (χ3v) is 4.24.